The van der Waals surface area contributed by atoms with E-state index in [0.717, 1.165) is 19.4 Å². The zero-order chi connectivity index (χ0) is 13.8. The van der Waals surface area contributed by atoms with Gasteiger partial charge < -0.3 is 20.4 Å². The summed E-state index contributed by atoms with van der Waals surface area (Å²) in [7, 11) is 0. The Morgan fingerprint density at radius 1 is 1.32 bits per heavy atom. The van der Waals surface area contributed by atoms with E-state index in [1.54, 1.807) is 4.90 Å². The Labute approximate surface area is 112 Å². The van der Waals surface area contributed by atoms with Gasteiger partial charge in [0.25, 0.3) is 5.91 Å². The number of hydrogen-bond donors (Lipinski definition) is 3. The topological polar surface area (TPSA) is 72.8 Å². The van der Waals surface area contributed by atoms with Crippen molar-refractivity contribution in [3.8, 4) is 11.5 Å². The van der Waals surface area contributed by atoms with Gasteiger partial charge in [-0.25, -0.2) is 0 Å². The van der Waals surface area contributed by atoms with Crippen molar-refractivity contribution in [3.05, 3.63) is 23.8 Å². The van der Waals surface area contributed by atoms with Crippen LogP contribution in [0.5, 0.6) is 11.5 Å². The first-order valence-electron chi connectivity index (χ1n) is 6.67. The lowest BCUT2D eigenvalue weighted by molar-refractivity contribution is 0.0699. The minimum atomic E-state index is -0.300. The minimum absolute atomic E-state index is 0.00407. The van der Waals surface area contributed by atoms with Gasteiger partial charge in [-0.2, -0.15) is 0 Å². The molecule has 1 saturated heterocycles. The number of phenols is 2. The van der Waals surface area contributed by atoms with Crippen LogP contribution in [0.3, 0.4) is 0 Å². The largest absolute Gasteiger partial charge is 0.507 e. The van der Waals surface area contributed by atoms with Gasteiger partial charge in [0.2, 0.25) is 0 Å². The predicted octanol–water partition coefficient (Wildman–Crippen LogP) is 1.31. The number of likely N-dealkylation sites (tertiary alicyclic amines) is 1. The van der Waals surface area contributed by atoms with E-state index in [4.69, 9.17) is 0 Å². The summed E-state index contributed by atoms with van der Waals surface area (Å²) >= 11 is 0. The Morgan fingerprint density at radius 3 is 2.42 bits per heavy atom. The molecular formula is C14H20N2O3. The van der Waals surface area contributed by atoms with Crippen molar-refractivity contribution >= 4 is 5.91 Å². The Bertz CT molecular complexity index is 434. The van der Waals surface area contributed by atoms with E-state index in [9.17, 15) is 15.0 Å². The van der Waals surface area contributed by atoms with Crippen LogP contribution in [0.1, 0.15) is 30.1 Å². The average molecular weight is 264 g/mol. The number of benzene rings is 1. The molecule has 5 heteroatoms. The molecule has 0 spiro atoms. The van der Waals surface area contributed by atoms with E-state index in [1.807, 2.05) is 0 Å². The molecule has 1 aliphatic heterocycles. The molecule has 1 amide bonds. The molecule has 104 valence electrons. The fraction of sp³-hybridized carbons (Fsp3) is 0.500. The van der Waals surface area contributed by atoms with Gasteiger partial charge in [0.15, 0.2) is 0 Å². The zero-order valence-electron chi connectivity index (χ0n) is 11.1. The molecule has 1 aliphatic rings. The van der Waals surface area contributed by atoms with Crippen molar-refractivity contribution in [2.75, 3.05) is 19.6 Å². The van der Waals surface area contributed by atoms with E-state index in [-0.39, 0.29) is 23.0 Å². The number of amides is 1. The normalized spacial score (nSPS) is 16.6. The molecule has 1 fully saturated rings. The van der Waals surface area contributed by atoms with Gasteiger partial charge in [-0.1, -0.05) is 13.0 Å². The molecule has 3 N–H and O–H groups in total. The number of carbonyl (C=O) groups excluding carboxylic acids is 1. The molecule has 0 saturated carbocycles. The zero-order valence-corrected chi connectivity index (χ0v) is 11.1. The first-order valence-corrected chi connectivity index (χ1v) is 6.67. The van der Waals surface area contributed by atoms with Gasteiger partial charge >= 0.3 is 0 Å². The van der Waals surface area contributed by atoms with Crippen LogP contribution in [0.2, 0.25) is 0 Å². The summed E-state index contributed by atoms with van der Waals surface area (Å²) in [6, 6.07) is 4.79. The van der Waals surface area contributed by atoms with Gasteiger partial charge in [-0.15, -0.1) is 0 Å². The summed E-state index contributed by atoms with van der Waals surface area (Å²) in [5, 5.41) is 22.8. The molecule has 0 bridgehead atoms. The van der Waals surface area contributed by atoms with Gasteiger partial charge in [-0.05, 0) is 31.5 Å². The van der Waals surface area contributed by atoms with Crippen molar-refractivity contribution in [1.82, 2.24) is 10.2 Å². The second-order valence-electron chi connectivity index (χ2n) is 4.80. The molecular weight excluding hydrogens is 244 g/mol. The van der Waals surface area contributed by atoms with Crippen molar-refractivity contribution in [1.29, 1.82) is 0 Å². The highest BCUT2D eigenvalue weighted by molar-refractivity contribution is 5.99. The van der Waals surface area contributed by atoms with E-state index in [2.05, 4.69) is 12.2 Å². The highest BCUT2D eigenvalue weighted by Gasteiger charge is 2.26. The molecule has 0 aromatic heterocycles. The van der Waals surface area contributed by atoms with Crippen LogP contribution >= 0.6 is 0 Å². The molecule has 1 heterocycles. The molecule has 0 radical (unpaired) electrons. The van der Waals surface area contributed by atoms with Crippen LogP contribution < -0.4 is 5.32 Å². The summed E-state index contributed by atoms with van der Waals surface area (Å²) in [5.74, 6) is -0.636. The van der Waals surface area contributed by atoms with Crippen molar-refractivity contribution in [2.45, 2.75) is 25.8 Å². The van der Waals surface area contributed by atoms with Gasteiger partial charge in [0.1, 0.15) is 17.1 Å². The number of phenolic OH excluding ortho intramolecular Hbond substituents is 2. The Morgan fingerprint density at radius 2 is 1.89 bits per heavy atom. The quantitative estimate of drug-likeness (QED) is 0.769. The Hall–Kier alpha value is -1.75. The summed E-state index contributed by atoms with van der Waals surface area (Å²) in [6.07, 6.45) is 1.79. The lowest BCUT2D eigenvalue weighted by atomic mass is 10.0. The molecule has 1 aromatic carbocycles. The fourth-order valence-corrected chi connectivity index (χ4v) is 2.48. The first-order chi connectivity index (χ1) is 9.13. The van der Waals surface area contributed by atoms with Crippen LogP contribution in [0, 0.1) is 0 Å². The first kappa shape index (κ1) is 13.7. The SMILES string of the molecule is CCNC1CCN(C(=O)c2c(O)cccc2O)CC1. The van der Waals surface area contributed by atoms with E-state index in [0.29, 0.717) is 19.1 Å². The Kier molecular flexibility index (Phi) is 4.27. The van der Waals surface area contributed by atoms with Gasteiger partial charge in [0, 0.05) is 19.1 Å². The lowest BCUT2D eigenvalue weighted by Gasteiger charge is -2.32. The molecule has 19 heavy (non-hydrogen) atoms. The third kappa shape index (κ3) is 2.98. The number of nitrogens with zero attached hydrogens (tertiary/aromatic N) is 1. The summed E-state index contributed by atoms with van der Waals surface area (Å²) in [6.45, 7) is 4.28. The Balaban J connectivity index is 2.05. The lowest BCUT2D eigenvalue weighted by Crippen LogP contribution is -2.44. The van der Waals surface area contributed by atoms with E-state index in [1.165, 1.54) is 18.2 Å². The van der Waals surface area contributed by atoms with E-state index >= 15 is 0 Å². The van der Waals surface area contributed by atoms with Crippen molar-refractivity contribution in [2.24, 2.45) is 0 Å². The van der Waals surface area contributed by atoms with E-state index < -0.39 is 0 Å². The van der Waals surface area contributed by atoms with Gasteiger partial charge in [0.05, 0.1) is 0 Å². The number of piperidine rings is 1. The second-order valence-corrected chi connectivity index (χ2v) is 4.80. The molecule has 0 aliphatic carbocycles. The second kappa shape index (κ2) is 5.93. The number of rotatable bonds is 3. The summed E-state index contributed by atoms with van der Waals surface area (Å²) in [4.78, 5) is 14.0. The maximum atomic E-state index is 12.3. The monoisotopic (exact) mass is 264 g/mol. The third-order valence-electron chi connectivity index (χ3n) is 3.51. The number of nitrogens with one attached hydrogen (secondary N) is 1. The van der Waals surface area contributed by atoms with Crippen molar-refractivity contribution in [3.63, 3.8) is 0 Å². The average Bonchev–Trinajstić information content (AvgIpc) is 2.39. The molecule has 1 aromatic rings. The molecule has 2 rings (SSSR count). The third-order valence-corrected chi connectivity index (χ3v) is 3.51. The van der Waals surface area contributed by atoms with Crippen LogP contribution in [0.4, 0.5) is 0 Å². The van der Waals surface area contributed by atoms with Crippen LogP contribution in [-0.2, 0) is 0 Å². The molecule has 5 nitrogen and oxygen atoms in total. The molecule has 0 atom stereocenters. The van der Waals surface area contributed by atoms with Crippen LogP contribution in [-0.4, -0.2) is 46.7 Å². The summed E-state index contributed by atoms with van der Waals surface area (Å²) in [5.41, 5.74) is 0.00407. The summed E-state index contributed by atoms with van der Waals surface area (Å²) < 4.78 is 0. The maximum Gasteiger partial charge on any atom is 0.261 e. The highest BCUT2D eigenvalue weighted by atomic mass is 16.3. The highest BCUT2D eigenvalue weighted by Crippen LogP contribution is 2.28. The van der Waals surface area contributed by atoms with Crippen molar-refractivity contribution < 1.29 is 15.0 Å². The van der Waals surface area contributed by atoms with Gasteiger partial charge in [-0.3, -0.25) is 4.79 Å². The molecule has 0 unspecified atom stereocenters. The fourth-order valence-electron chi connectivity index (χ4n) is 2.48. The standard InChI is InChI=1S/C14H20N2O3/c1-2-15-10-6-8-16(9-7-10)14(19)13-11(17)4-3-5-12(13)18/h3-5,10,15,17-18H,2,6-9H2,1H3. The number of aromatic hydroxyl groups is 2. The smallest absolute Gasteiger partial charge is 0.261 e. The predicted molar refractivity (Wildman–Crippen MR) is 72.4 cm³/mol. The van der Waals surface area contributed by atoms with Crippen LogP contribution in [0.25, 0.3) is 0 Å². The maximum absolute atomic E-state index is 12.3. The number of carbonyl (C=O) groups is 1. The minimum Gasteiger partial charge on any atom is -0.507 e. The number of hydrogen-bond acceptors (Lipinski definition) is 4. The van der Waals surface area contributed by atoms with Crippen LogP contribution in [0.15, 0.2) is 18.2 Å².